The minimum Gasteiger partial charge on any atom is -0.337 e. The lowest BCUT2D eigenvalue weighted by atomic mass is 10.00. The molecule has 4 aromatic rings. The van der Waals surface area contributed by atoms with E-state index in [0.717, 1.165) is 29.6 Å². The number of fused-ring (bicyclic) bond motifs is 1. The van der Waals surface area contributed by atoms with E-state index in [1.165, 1.54) is 27.8 Å². The van der Waals surface area contributed by atoms with Crippen molar-refractivity contribution in [2.45, 2.75) is 36.7 Å². The van der Waals surface area contributed by atoms with Crippen LogP contribution in [-0.4, -0.2) is 37.4 Å². The van der Waals surface area contributed by atoms with Crippen LogP contribution in [-0.2, 0) is 24.2 Å². The Bertz CT molecular complexity index is 1200. The summed E-state index contributed by atoms with van der Waals surface area (Å²) in [5, 5.41) is 11.6. The molecule has 2 aromatic carbocycles. The van der Waals surface area contributed by atoms with Gasteiger partial charge in [0, 0.05) is 30.1 Å². The number of carbonyl (C=O) groups is 1. The molecule has 0 N–H and O–H groups in total. The predicted molar refractivity (Wildman–Crippen MR) is 129 cm³/mol. The van der Waals surface area contributed by atoms with Gasteiger partial charge in [0.05, 0.1) is 5.25 Å². The van der Waals surface area contributed by atoms with Gasteiger partial charge in [0.2, 0.25) is 5.91 Å². The number of benzene rings is 2. The Kier molecular flexibility index (Phi) is 6.10. The van der Waals surface area contributed by atoms with Gasteiger partial charge in [-0.3, -0.25) is 9.36 Å². The van der Waals surface area contributed by atoms with Gasteiger partial charge < -0.3 is 4.90 Å². The van der Waals surface area contributed by atoms with Crippen molar-refractivity contribution in [1.82, 2.24) is 19.7 Å². The van der Waals surface area contributed by atoms with E-state index >= 15 is 0 Å². The Morgan fingerprint density at radius 2 is 1.81 bits per heavy atom. The highest BCUT2D eigenvalue weighted by Gasteiger charge is 2.27. The average molecular weight is 461 g/mol. The number of amides is 1. The quantitative estimate of drug-likeness (QED) is 0.381. The minimum atomic E-state index is -0.249. The summed E-state index contributed by atoms with van der Waals surface area (Å²) in [6, 6.07) is 22.7. The second kappa shape index (κ2) is 9.30. The average Bonchev–Trinajstić information content (AvgIpc) is 3.49. The Labute approximate surface area is 196 Å². The van der Waals surface area contributed by atoms with E-state index in [1.807, 2.05) is 36.1 Å². The third-order valence-electron chi connectivity index (χ3n) is 5.70. The van der Waals surface area contributed by atoms with Crippen LogP contribution in [0.15, 0.2) is 77.3 Å². The zero-order chi connectivity index (χ0) is 21.9. The number of aromatic nitrogens is 3. The van der Waals surface area contributed by atoms with Crippen molar-refractivity contribution in [3.05, 3.63) is 93.9 Å². The van der Waals surface area contributed by atoms with E-state index in [2.05, 4.69) is 62.6 Å². The molecule has 1 aliphatic heterocycles. The van der Waals surface area contributed by atoms with E-state index < -0.39 is 0 Å². The SMILES string of the molecule is C[C@H](Sc1nnc(Cc2cccs2)n1-c1ccccc1)C(=O)N1CCc2ccccc2C1. The van der Waals surface area contributed by atoms with Gasteiger partial charge in [-0.15, -0.1) is 21.5 Å². The summed E-state index contributed by atoms with van der Waals surface area (Å²) >= 11 is 3.20. The second-order valence-electron chi connectivity index (χ2n) is 7.86. The van der Waals surface area contributed by atoms with Gasteiger partial charge in [-0.05, 0) is 48.1 Å². The molecular weight excluding hydrogens is 436 g/mol. The molecule has 0 bridgehead atoms. The third-order valence-corrected chi connectivity index (χ3v) is 7.61. The maximum atomic E-state index is 13.3. The maximum absolute atomic E-state index is 13.3. The first-order chi connectivity index (χ1) is 15.7. The third kappa shape index (κ3) is 4.36. The van der Waals surface area contributed by atoms with Crippen LogP contribution in [0.3, 0.4) is 0 Å². The Hall–Kier alpha value is -2.90. The van der Waals surface area contributed by atoms with E-state index in [0.29, 0.717) is 13.0 Å². The van der Waals surface area contributed by atoms with Crippen LogP contribution in [0.1, 0.15) is 28.8 Å². The summed E-state index contributed by atoms with van der Waals surface area (Å²) in [7, 11) is 0. The summed E-state index contributed by atoms with van der Waals surface area (Å²) < 4.78 is 2.08. The summed E-state index contributed by atoms with van der Waals surface area (Å²) in [5.41, 5.74) is 3.60. The molecule has 1 amide bonds. The van der Waals surface area contributed by atoms with Crippen molar-refractivity contribution in [3.63, 3.8) is 0 Å². The molecule has 0 saturated heterocycles. The first-order valence-electron chi connectivity index (χ1n) is 10.7. The van der Waals surface area contributed by atoms with Crippen LogP contribution in [0.4, 0.5) is 0 Å². The fourth-order valence-electron chi connectivity index (χ4n) is 4.05. The molecule has 0 radical (unpaired) electrons. The molecule has 1 atom stereocenters. The van der Waals surface area contributed by atoms with Gasteiger partial charge in [0.25, 0.3) is 0 Å². The van der Waals surface area contributed by atoms with Crippen molar-refractivity contribution in [1.29, 1.82) is 0 Å². The zero-order valence-corrected chi connectivity index (χ0v) is 19.5. The first-order valence-corrected chi connectivity index (χ1v) is 12.5. The van der Waals surface area contributed by atoms with Crippen LogP contribution in [0.5, 0.6) is 0 Å². The second-order valence-corrected chi connectivity index (χ2v) is 10.2. The molecule has 0 saturated carbocycles. The number of para-hydroxylation sites is 1. The van der Waals surface area contributed by atoms with Gasteiger partial charge in [-0.1, -0.05) is 60.3 Å². The van der Waals surface area contributed by atoms with Crippen molar-refractivity contribution >= 4 is 29.0 Å². The summed E-state index contributed by atoms with van der Waals surface area (Å²) in [6.07, 6.45) is 1.62. The van der Waals surface area contributed by atoms with Gasteiger partial charge in [-0.2, -0.15) is 0 Å². The highest BCUT2D eigenvalue weighted by molar-refractivity contribution is 8.00. The summed E-state index contributed by atoms with van der Waals surface area (Å²) in [5.74, 6) is 1.03. The first kappa shape index (κ1) is 21.0. The van der Waals surface area contributed by atoms with Gasteiger partial charge >= 0.3 is 0 Å². The van der Waals surface area contributed by atoms with Crippen LogP contribution in [0, 0.1) is 0 Å². The maximum Gasteiger partial charge on any atom is 0.236 e. The minimum absolute atomic E-state index is 0.145. The smallest absolute Gasteiger partial charge is 0.236 e. The lowest BCUT2D eigenvalue weighted by molar-refractivity contribution is -0.131. The lowest BCUT2D eigenvalue weighted by Gasteiger charge is -2.30. The summed E-state index contributed by atoms with van der Waals surface area (Å²) in [4.78, 5) is 16.5. The lowest BCUT2D eigenvalue weighted by Crippen LogP contribution is -2.40. The number of thiophene rings is 1. The molecule has 3 heterocycles. The molecule has 1 aliphatic rings. The van der Waals surface area contributed by atoms with Crippen LogP contribution < -0.4 is 0 Å². The highest BCUT2D eigenvalue weighted by Crippen LogP contribution is 2.29. The Morgan fingerprint density at radius 1 is 1.03 bits per heavy atom. The van der Waals surface area contributed by atoms with Crippen molar-refractivity contribution in [2.24, 2.45) is 0 Å². The molecule has 2 aromatic heterocycles. The molecule has 0 spiro atoms. The van der Waals surface area contributed by atoms with Crippen molar-refractivity contribution in [2.75, 3.05) is 6.54 Å². The van der Waals surface area contributed by atoms with Crippen LogP contribution >= 0.6 is 23.1 Å². The predicted octanol–water partition coefficient (Wildman–Crippen LogP) is 4.99. The molecule has 162 valence electrons. The van der Waals surface area contributed by atoms with Crippen molar-refractivity contribution in [3.8, 4) is 5.69 Å². The standard InChI is InChI=1S/C25H24N4OS2/c1-18(24(30)28-14-13-19-8-5-6-9-20(19)17-28)32-25-27-26-23(16-22-12-7-15-31-22)29(25)21-10-3-2-4-11-21/h2-12,15,18H,13-14,16-17H2,1H3/t18-/m0/s1. The monoisotopic (exact) mass is 460 g/mol. The van der Waals surface area contributed by atoms with Crippen LogP contribution in [0.2, 0.25) is 0 Å². The fourth-order valence-corrected chi connectivity index (χ4v) is 5.72. The van der Waals surface area contributed by atoms with Gasteiger partial charge in [0.1, 0.15) is 5.82 Å². The Balaban J connectivity index is 1.37. The largest absolute Gasteiger partial charge is 0.337 e. The number of rotatable bonds is 6. The number of nitrogens with zero attached hydrogens (tertiary/aromatic N) is 4. The van der Waals surface area contributed by atoms with Gasteiger partial charge in [-0.25, -0.2) is 0 Å². The molecule has 5 nitrogen and oxygen atoms in total. The molecule has 0 aliphatic carbocycles. The molecule has 7 heteroatoms. The normalized spacial score (nSPS) is 14.2. The number of hydrogen-bond donors (Lipinski definition) is 0. The molecule has 0 unspecified atom stereocenters. The molecular formula is C25H24N4OS2. The fraction of sp³-hybridized carbons (Fsp3) is 0.240. The molecule has 5 rings (SSSR count). The highest BCUT2D eigenvalue weighted by atomic mass is 32.2. The van der Waals surface area contributed by atoms with Crippen molar-refractivity contribution < 1.29 is 4.79 Å². The number of carbonyl (C=O) groups excluding carboxylic acids is 1. The Morgan fingerprint density at radius 3 is 2.59 bits per heavy atom. The topological polar surface area (TPSA) is 51.0 Å². The number of thioether (sulfide) groups is 1. The van der Waals surface area contributed by atoms with E-state index in [-0.39, 0.29) is 11.2 Å². The van der Waals surface area contributed by atoms with E-state index in [1.54, 1.807) is 11.3 Å². The van der Waals surface area contributed by atoms with Crippen LogP contribution in [0.25, 0.3) is 5.69 Å². The van der Waals surface area contributed by atoms with Gasteiger partial charge in [0.15, 0.2) is 5.16 Å². The summed E-state index contributed by atoms with van der Waals surface area (Å²) in [6.45, 7) is 3.40. The molecule has 32 heavy (non-hydrogen) atoms. The van der Waals surface area contributed by atoms with E-state index in [9.17, 15) is 4.79 Å². The van der Waals surface area contributed by atoms with E-state index in [4.69, 9.17) is 0 Å². The number of hydrogen-bond acceptors (Lipinski definition) is 5. The molecule has 0 fully saturated rings. The zero-order valence-electron chi connectivity index (χ0n) is 17.8.